The zero-order chi connectivity index (χ0) is 20.2. The van der Waals surface area contributed by atoms with Crippen LogP contribution in [-0.2, 0) is 13.1 Å². The molecule has 4 aromatic rings. The lowest BCUT2D eigenvalue weighted by Crippen LogP contribution is -2.24. The van der Waals surface area contributed by atoms with Crippen LogP contribution in [0.15, 0.2) is 73.1 Å². The van der Waals surface area contributed by atoms with Gasteiger partial charge >= 0.3 is 0 Å². The summed E-state index contributed by atoms with van der Waals surface area (Å²) in [5.41, 5.74) is 5.31. The number of aryl methyl sites for hydroxylation is 1. The van der Waals surface area contributed by atoms with E-state index in [0.717, 1.165) is 28.2 Å². The number of hydrogen-bond acceptors (Lipinski definition) is 3. The molecule has 1 amide bonds. The Kier molecular flexibility index (Phi) is 5.24. The number of carbonyl (C=O) groups is 1. The van der Waals surface area contributed by atoms with Crippen molar-refractivity contribution < 1.29 is 4.79 Å². The predicted molar refractivity (Wildman–Crippen MR) is 112 cm³/mol. The Balaban J connectivity index is 1.45. The Hall–Kier alpha value is -3.67. The van der Waals surface area contributed by atoms with E-state index in [0.29, 0.717) is 18.7 Å². The van der Waals surface area contributed by atoms with Gasteiger partial charge in [-0.2, -0.15) is 10.2 Å². The second kappa shape index (κ2) is 8.14. The van der Waals surface area contributed by atoms with Gasteiger partial charge in [0.1, 0.15) is 0 Å². The third kappa shape index (κ3) is 4.11. The molecule has 0 atom stereocenters. The van der Waals surface area contributed by atoms with E-state index in [1.807, 2.05) is 73.3 Å². The van der Waals surface area contributed by atoms with E-state index in [-0.39, 0.29) is 5.91 Å². The van der Waals surface area contributed by atoms with Gasteiger partial charge in [-0.15, -0.1) is 0 Å². The van der Waals surface area contributed by atoms with E-state index in [2.05, 4.69) is 27.6 Å². The molecule has 0 radical (unpaired) electrons. The highest BCUT2D eigenvalue weighted by molar-refractivity contribution is 5.96. The molecule has 0 bridgehead atoms. The zero-order valence-corrected chi connectivity index (χ0v) is 16.5. The molecule has 0 saturated heterocycles. The smallest absolute Gasteiger partial charge is 0.255 e. The standard InChI is InChI=1S/C23H23N5O/c1-17-22(18(2)27(26-17)15-19-9-5-3-6-10-19)23(29)24-13-20-14-25-28(16-20)21-11-7-4-8-12-21/h3-12,14,16H,13,15H2,1-2H3,(H,24,29). The predicted octanol–water partition coefficient (Wildman–Crippen LogP) is 3.66. The lowest BCUT2D eigenvalue weighted by Gasteiger charge is -2.06. The minimum atomic E-state index is -0.119. The summed E-state index contributed by atoms with van der Waals surface area (Å²) in [6.07, 6.45) is 3.69. The molecule has 4 rings (SSSR count). The number of amides is 1. The normalized spacial score (nSPS) is 10.8. The van der Waals surface area contributed by atoms with Crippen LogP contribution in [0.3, 0.4) is 0 Å². The minimum Gasteiger partial charge on any atom is -0.348 e. The quantitative estimate of drug-likeness (QED) is 0.551. The van der Waals surface area contributed by atoms with E-state index in [9.17, 15) is 4.79 Å². The Morgan fingerprint density at radius 1 is 0.966 bits per heavy atom. The SMILES string of the molecule is Cc1nn(Cc2ccccc2)c(C)c1C(=O)NCc1cnn(-c2ccccc2)c1. The van der Waals surface area contributed by atoms with Crippen LogP contribution in [0.2, 0.25) is 0 Å². The van der Waals surface area contributed by atoms with E-state index in [1.165, 1.54) is 0 Å². The summed E-state index contributed by atoms with van der Waals surface area (Å²) in [6.45, 7) is 4.86. The third-order valence-electron chi connectivity index (χ3n) is 4.89. The number of rotatable bonds is 6. The summed E-state index contributed by atoms with van der Waals surface area (Å²) in [5.74, 6) is -0.119. The van der Waals surface area contributed by atoms with Crippen LogP contribution in [0.5, 0.6) is 0 Å². The summed E-state index contributed by atoms with van der Waals surface area (Å²) in [4.78, 5) is 12.8. The van der Waals surface area contributed by atoms with Crippen molar-refractivity contribution in [3.05, 3.63) is 101 Å². The summed E-state index contributed by atoms with van der Waals surface area (Å²) < 4.78 is 3.68. The largest absolute Gasteiger partial charge is 0.348 e. The lowest BCUT2D eigenvalue weighted by atomic mass is 10.1. The van der Waals surface area contributed by atoms with Gasteiger partial charge in [0.25, 0.3) is 5.91 Å². The molecule has 6 nitrogen and oxygen atoms in total. The number of aromatic nitrogens is 4. The van der Waals surface area contributed by atoms with Gasteiger partial charge in [0.2, 0.25) is 0 Å². The van der Waals surface area contributed by atoms with Gasteiger partial charge in [-0.1, -0.05) is 48.5 Å². The topological polar surface area (TPSA) is 64.7 Å². The van der Waals surface area contributed by atoms with E-state index < -0.39 is 0 Å². The second-order valence-electron chi connectivity index (χ2n) is 7.00. The Morgan fingerprint density at radius 3 is 2.38 bits per heavy atom. The highest BCUT2D eigenvalue weighted by Gasteiger charge is 2.18. The number of benzene rings is 2. The first-order valence-electron chi connectivity index (χ1n) is 9.57. The molecule has 0 aliphatic rings. The van der Waals surface area contributed by atoms with Gasteiger partial charge in [0, 0.05) is 24.0 Å². The monoisotopic (exact) mass is 385 g/mol. The summed E-state index contributed by atoms with van der Waals surface area (Å²) in [6, 6.07) is 20.0. The van der Waals surface area contributed by atoms with Gasteiger partial charge in [-0.05, 0) is 31.5 Å². The fraction of sp³-hybridized carbons (Fsp3) is 0.174. The lowest BCUT2D eigenvalue weighted by molar-refractivity contribution is 0.0949. The highest BCUT2D eigenvalue weighted by Crippen LogP contribution is 2.15. The molecule has 146 valence electrons. The average molecular weight is 385 g/mol. The molecule has 6 heteroatoms. The number of hydrogen-bond donors (Lipinski definition) is 1. The molecule has 1 N–H and O–H groups in total. The van der Waals surface area contributed by atoms with Crippen molar-refractivity contribution in [3.8, 4) is 5.69 Å². The number of nitrogens with one attached hydrogen (secondary N) is 1. The first kappa shape index (κ1) is 18.7. The number of nitrogens with zero attached hydrogens (tertiary/aromatic N) is 4. The molecule has 2 aromatic heterocycles. The first-order chi connectivity index (χ1) is 14.1. The fourth-order valence-electron chi connectivity index (χ4n) is 3.38. The van der Waals surface area contributed by atoms with E-state index >= 15 is 0 Å². The number of para-hydroxylation sites is 1. The van der Waals surface area contributed by atoms with Crippen molar-refractivity contribution in [2.24, 2.45) is 0 Å². The van der Waals surface area contributed by atoms with Crippen LogP contribution in [-0.4, -0.2) is 25.5 Å². The van der Waals surface area contributed by atoms with E-state index in [4.69, 9.17) is 0 Å². The molecule has 2 aromatic carbocycles. The van der Waals surface area contributed by atoms with Crippen LogP contribution >= 0.6 is 0 Å². The molecular formula is C23H23N5O. The van der Waals surface area contributed by atoms with E-state index in [1.54, 1.807) is 10.9 Å². The third-order valence-corrected chi connectivity index (χ3v) is 4.89. The van der Waals surface area contributed by atoms with Gasteiger partial charge in [-0.25, -0.2) is 4.68 Å². The first-order valence-corrected chi connectivity index (χ1v) is 9.57. The Bertz CT molecular complexity index is 1110. The average Bonchev–Trinajstić information content (AvgIpc) is 3.32. The molecule has 2 heterocycles. The molecule has 0 aliphatic heterocycles. The maximum Gasteiger partial charge on any atom is 0.255 e. The van der Waals surface area contributed by atoms with Crippen molar-refractivity contribution in [1.82, 2.24) is 24.9 Å². The molecule has 0 saturated carbocycles. The summed E-state index contributed by atoms with van der Waals surface area (Å²) >= 11 is 0. The van der Waals surface area contributed by atoms with Gasteiger partial charge in [0.15, 0.2) is 0 Å². The van der Waals surface area contributed by atoms with Crippen molar-refractivity contribution in [2.45, 2.75) is 26.9 Å². The maximum absolute atomic E-state index is 12.8. The highest BCUT2D eigenvalue weighted by atomic mass is 16.1. The zero-order valence-electron chi connectivity index (χ0n) is 16.5. The van der Waals surface area contributed by atoms with Crippen molar-refractivity contribution in [2.75, 3.05) is 0 Å². The van der Waals surface area contributed by atoms with Gasteiger partial charge in [-0.3, -0.25) is 9.48 Å². The maximum atomic E-state index is 12.8. The second-order valence-corrected chi connectivity index (χ2v) is 7.00. The molecular weight excluding hydrogens is 362 g/mol. The summed E-state index contributed by atoms with van der Waals surface area (Å²) in [5, 5.41) is 11.9. The Morgan fingerprint density at radius 2 is 1.66 bits per heavy atom. The summed E-state index contributed by atoms with van der Waals surface area (Å²) in [7, 11) is 0. The van der Waals surface area contributed by atoms with Crippen LogP contribution in [0.25, 0.3) is 5.69 Å². The van der Waals surface area contributed by atoms with Crippen LogP contribution in [0, 0.1) is 13.8 Å². The molecule has 0 fully saturated rings. The molecule has 0 aliphatic carbocycles. The van der Waals surface area contributed by atoms with Crippen LogP contribution in [0.1, 0.15) is 32.9 Å². The van der Waals surface area contributed by atoms with Gasteiger partial charge < -0.3 is 5.32 Å². The molecule has 29 heavy (non-hydrogen) atoms. The van der Waals surface area contributed by atoms with Gasteiger partial charge in [0.05, 0.1) is 29.7 Å². The molecule has 0 spiro atoms. The van der Waals surface area contributed by atoms with Crippen molar-refractivity contribution in [1.29, 1.82) is 0 Å². The molecule has 0 unspecified atom stereocenters. The Labute approximate surface area is 169 Å². The van der Waals surface area contributed by atoms with Crippen molar-refractivity contribution in [3.63, 3.8) is 0 Å². The van der Waals surface area contributed by atoms with Crippen LogP contribution in [0.4, 0.5) is 0 Å². The van der Waals surface area contributed by atoms with Crippen LogP contribution < -0.4 is 5.32 Å². The minimum absolute atomic E-state index is 0.119. The number of carbonyl (C=O) groups excluding carboxylic acids is 1. The van der Waals surface area contributed by atoms with Crippen molar-refractivity contribution >= 4 is 5.91 Å². The fourth-order valence-corrected chi connectivity index (χ4v) is 3.38.